The second-order valence-corrected chi connectivity index (χ2v) is 4.70. The molecular weight excluding hydrogens is 308 g/mol. The smallest absolute Gasteiger partial charge is 0.337 e. The maximum atomic E-state index is 11.1. The molecule has 0 spiro atoms. The van der Waals surface area contributed by atoms with E-state index >= 15 is 0 Å². The molecule has 1 N–H and O–H groups in total. The highest BCUT2D eigenvalue weighted by molar-refractivity contribution is 6.33. The Hall–Kier alpha value is -2.93. The summed E-state index contributed by atoms with van der Waals surface area (Å²) in [6.07, 6.45) is 4.39. The molecule has 7 nitrogen and oxygen atoms in total. The molecule has 3 rings (SSSR count). The van der Waals surface area contributed by atoms with Crippen LogP contribution in [0.2, 0.25) is 5.02 Å². The number of hydrogen-bond acceptors (Lipinski definition) is 5. The molecule has 0 amide bonds. The monoisotopic (exact) mass is 316 g/mol. The third-order valence-electron chi connectivity index (χ3n) is 2.83. The van der Waals surface area contributed by atoms with E-state index in [9.17, 15) is 4.79 Å². The summed E-state index contributed by atoms with van der Waals surface area (Å²) in [6.45, 7) is 0. The Labute approximate surface area is 129 Å². The van der Waals surface area contributed by atoms with Gasteiger partial charge in [-0.25, -0.2) is 9.47 Å². The van der Waals surface area contributed by atoms with E-state index in [1.165, 1.54) is 35.7 Å². The van der Waals surface area contributed by atoms with E-state index < -0.39 is 5.97 Å². The average molecular weight is 317 g/mol. The number of aromatic carboxylic acids is 1. The predicted molar refractivity (Wildman–Crippen MR) is 79.1 cm³/mol. The fraction of sp³-hybridized carbons (Fsp3) is 0. The standard InChI is InChI=1S/C14H9ClN4O3/c15-12-3-1-9(5-11(12)14(20)21)13-4-2-10(22-13)6-18-19-7-16-17-8-19/h1-8H,(H,20,21). The molecular formula is C14H9ClN4O3. The van der Waals surface area contributed by atoms with Gasteiger partial charge < -0.3 is 9.52 Å². The molecule has 2 heterocycles. The molecule has 0 saturated heterocycles. The van der Waals surface area contributed by atoms with Crippen LogP contribution in [0.1, 0.15) is 16.1 Å². The fourth-order valence-corrected chi connectivity index (χ4v) is 2.00. The molecule has 1 aromatic carbocycles. The van der Waals surface area contributed by atoms with E-state index in [2.05, 4.69) is 15.3 Å². The summed E-state index contributed by atoms with van der Waals surface area (Å²) in [7, 11) is 0. The molecule has 8 heteroatoms. The van der Waals surface area contributed by atoms with Crippen molar-refractivity contribution in [2.24, 2.45) is 5.10 Å². The average Bonchev–Trinajstić information content (AvgIpc) is 3.17. The fourth-order valence-electron chi connectivity index (χ4n) is 1.80. The van der Waals surface area contributed by atoms with Gasteiger partial charge in [0.05, 0.1) is 16.8 Å². The number of carboxylic acids is 1. The lowest BCUT2D eigenvalue weighted by Gasteiger charge is -2.01. The number of hydrogen-bond donors (Lipinski definition) is 1. The third-order valence-corrected chi connectivity index (χ3v) is 3.16. The second kappa shape index (κ2) is 5.82. The lowest BCUT2D eigenvalue weighted by atomic mass is 10.1. The quantitative estimate of drug-likeness (QED) is 0.747. The Morgan fingerprint density at radius 1 is 1.27 bits per heavy atom. The van der Waals surface area contributed by atoms with Crippen LogP contribution in [0.4, 0.5) is 0 Å². The molecule has 0 aliphatic rings. The highest BCUT2D eigenvalue weighted by atomic mass is 35.5. The minimum atomic E-state index is -1.09. The molecule has 3 aromatic rings. The number of furan rings is 1. The third kappa shape index (κ3) is 2.89. The van der Waals surface area contributed by atoms with Crippen molar-refractivity contribution in [3.8, 4) is 11.3 Å². The van der Waals surface area contributed by atoms with Crippen LogP contribution in [0.25, 0.3) is 11.3 Å². The Balaban J connectivity index is 1.87. The van der Waals surface area contributed by atoms with Gasteiger partial charge in [0.1, 0.15) is 24.2 Å². The van der Waals surface area contributed by atoms with Crippen molar-refractivity contribution in [1.29, 1.82) is 0 Å². The van der Waals surface area contributed by atoms with Gasteiger partial charge in [0, 0.05) is 5.56 Å². The predicted octanol–water partition coefficient (Wildman–Crippen LogP) is 2.77. The van der Waals surface area contributed by atoms with E-state index in [-0.39, 0.29) is 10.6 Å². The summed E-state index contributed by atoms with van der Waals surface area (Å²) in [6, 6.07) is 8.12. The summed E-state index contributed by atoms with van der Waals surface area (Å²) < 4.78 is 7.03. The summed E-state index contributed by atoms with van der Waals surface area (Å²) in [5, 5.41) is 20.6. The highest BCUT2D eigenvalue weighted by Gasteiger charge is 2.12. The van der Waals surface area contributed by atoms with Gasteiger partial charge in [-0.3, -0.25) is 0 Å². The molecule has 110 valence electrons. The van der Waals surface area contributed by atoms with Crippen LogP contribution < -0.4 is 0 Å². The maximum Gasteiger partial charge on any atom is 0.337 e. The zero-order valence-corrected chi connectivity index (χ0v) is 11.8. The first-order valence-corrected chi connectivity index (χ1v) is 6.53. The largest absolute Gasteiger partial charge is 0.478 e. The lowest BCUT2D eigenvalue weighted by Crippen LogP contribution is -1.97. The van der Waals surface area contributed by atoms with Crippen LogP contribution in [0.5, 0.6) is 0 Å². The molecule has 0 atom stereocenters. The summed E-state index contributed by atoms with van der Waals surface area (Å²) >= 11 is 5.84. The van der Waals surface area contributed by atoms with E-state index in [4.69, 9.17) is 21.1 Å². The lowest BCUT2D eigenvalue weighted by molar-refractivity contribution is 0.0697. The topological polar surface area (TPSA) is 93.5 Å². The van der Waals surface area contributed by atoms with Gasteiger partial charge in [-0.2, -0.15) is 5.10 Å². The van der Waals surface area contributed by atoms with Gasteiger partial charge in [0.15, 0.2) is 0 Å². The van der Waals surface area contributed by atoms with Crippen LogP contribution in [0, 0.1) is 0 Å². The minimum absolute atomic E-state index is 0.0234. The number of benzene rings is 1. The Morgan fingerprint density at radius 2 is 2.05 bits per heavy atom. The normalized spacial score (nSPS) is 11.1. The molecule has 22 heavy (non-hydrogen) atoms. The molecule has 0 aliphatic carbocycles. The highest BCUT2D eigenvalue weighted by Crippen LogP contribution is 2.26. The first-order valence-electron chi connectivity index (χ1n) is 6.15. The van der Waals surface area contributed by atoms with E-state index in [1.54, 1.807) is 18.2 Å². The van der Waals surface area contributed by atoms with Gasteiger partial charge in [-0.1, -0.05) is 11.6 Å². The van der Waals surface area contributed by atoms with Crippen molar-refractivity contribution in [3.63, 3.8) is 0 Å². The molecule has 0 aliphatic heterocycles. The number of carbonyl (C=O) groups is 1. The van der Waals surface area contributed by atoms with E-state index in [0.29, 0.717) is 17.1 Å². The van der Waals surface area contributed by atoms with Crippen LogP contribution >= 0.6 is 11.6 Å². The summed E-state index contributed by atoms with van der Waals surface area (Å²) in [5.74, 6) is -0.0623. The van der Waals surface area contributed by atoms with Gasteiger partial charge in [-0.05, 0) is 30.3 Å². The second-order valence-electron chi connectivity index (χ2n) is 4.29. The Morgan fingerprint density at radius 3 is 2.77 bits per heavy atom. The van der Waals surface area contributed by atoms with Gasteiger partial charge in [-0.15, -0.1) is 10.2 Å². The minimum Gasteiger partial charge on any atom is -0.478 e. The van der Waals surface area contributed by atoms with Gasteiger partial charge in [0.2, 0.25) is 0 Å². The van der Waals surface area contributed by atoms with Crippen molar-refractivity contribution in [2.45, 2.75) is 0 Å². The molecule has 0 fully saturated rings. The van der Waals surface area contributed by atoms with Crippen molar-refractivity contribution in [2.75, 3.05) is 0 Å². The first-order chi connectivity index (χ1) is 10.6. The Bertz CT molecular complexity index is 840. The number of halogens is 1. The van der Waals surface area contributed by atoms with Crippen molar-refractivity contribution < 1.29 is 14.3 Å². The van der Waals surface area contributed by atoms with Crippen LogP contribution in [0.15, 0.2) is 52.5 Å². The van der Waals surface area contributed by atoms with Crippen LogP contribution in [-0.4, -0.2) is 32.2 Å². The number of nitrogens with zero attached hydrogens (tertiary/aromatic N) is 4. The molecule has 0 unspecified atom stereocenters. The van der Waals surface area contributed by atoms with Gasteiger partial charge in [0.25, 0.3) is 0 Å². The van der Waals surface area contributed by atoms with E-state index in [1.807, 2.05) is 0 Å². The maximum absolute atomic E-state index is 11.1. The van der Waals surface area contributed by atoms with Crippen LogP contribution in [0.3, 0.4) is 0 Å². The van der Waals surface area contributed by atoms with Gasteiger partial charge >= 0.3 is 5.97 Å². The summed E-state index contributed by atoms with van der Waals surface area (Å²) in [5.41, 5.74) is 0.640. The zero-order valence-electron chi connectivity index (χ0n) is 11.0. The summed E-state index contributed by atoms with van der Waals surface area (Å²) in [4.78, 5) is 11.1. The SMILES string of the molecule is O=C(O)c1cc(-c2ccc(C=Nn3cnnc3)o2)ccc1Cl. The van der Waals surface area contributed by atoms with Crippen molar-refractivity contribution >= 4 is 23.8 Å². The van der Waals surface area contributed by atoms with Crippen molar-refractivity contribution in [1.82, 2.24) is 14.9 Å². The molecule has 0 saturated carbocycles. The zero-order chi connectivity index (χ0) is 15.5. The van der Waals surface area contributed by atoms with Crippen LogP contribution in [-0.2, 0) is 0 Å². The number of rotatable bonds is 4. The van der Waals surface area contributed by atoms with Crippen molar-refractivity contribution in [3.05, 3.63) is 59.3 Å². The molecule has 0 bridgehead atoms. The molecule has 0 radical (unpaired) electrons. The first kappa shape index (κ1) is 14.0. The molecule has 2 aromatic heterocycles. The Kier molecular flexibility index (Phi) is 3.71. The number of aromatic nitrogens is 3. The number of carboxylic acid groups (broad SMARTS) is 1. The van der Waals surface area contributed by atoms with E-state index in [0.717, 1.165) is 0 Å².